The summed E-state index contributed by atoms with van der Waals surface area (Å²) in [4.78, 5) is 12.4. The van der Waals surface area contributed by atoms with Gasteiger partial charge in [-0.1, -0.05) is 30.7 Å². The highest BCUT2D eigenvalue weighted by atomic mass is 16.1. The Morgan fingerprint density at radius 3 is 2.42 bits per heavy atom. The molecule has 19 heavy (non-hydrogen) atoms. The van der Waals surface area contributed by atoms with Crippen molar-refractivity contribution in [1.82, 2.24) is 9.78 Å². The minimum atomic E-state index is 0.0609. The fraction of sp³-hybridized carbons (Fsp3) is 0.375. The fourth-order valence-electron chi connectivity index (χ4n) is 2.63. The van der Waals surface area contributed by atoms with Crippen LogP contribution in [0.25, 0.3) is 0 Å². The first-order valence-corrected chi connectivity index (χ1v) is 6.80. The van der Waals surface area contributed by atoms with Crippen molar-refractivity contribution in [2.75, 3.05) is 0 Å². The summed E-state index contributed by atoms with van der Waals surface area (Å²) >= 11 is 0. The van der Waals surface area contributed by atoms with Gasteiger partial charge in [-0.25, -0.2) is 0 Å². The average molecular weight is 254 g/mol. The zero-order valence-electron chi connectivity index (χ0n) is 11.4. The van der Waals surface area contributed by atoms with Crippen LogP contribution in [-0.4, -0.2) is 15.6 Å². The van der Waals surface area contributed by atoms with E-state index in [0.717, 1.165) is 11.3 Å². The maximum absolute atomic E-state index is 12.4. The number of carbonyl (C=O) groups excluding carboxylic acids is 1. The lowest BCUT2D eigenvalue weighted by Crippen LogP contribution is -2.09. The zero-order chi connectivity index (χ0) is 13.4. The molecule has 1 aromatic carbocycles. The smallest absolute Gasteiger partial charge is 0.196 e. The molecule has 1 aliphatic rings. The van der Waals surface area contributed by atoms with Gasteiger partial charge in [0.05, 0.1) is 11.3 Å². The highest BCUT2D eigenvalue weighted by molar-refractivity contribution is 6.09. The van der Waals surface area contributed by atoms with Gasteiger partial charge in [0, 0.05) is 18.8 Å². The van der Waals surface area contributed by atoms with Crippen LogP contribution in [0.4, 0.5) is 0 Å². The van der Waals surface area contributed by atoms with Gasteiger partial charge in [-0.05, 0) is 31.2 Å². The Morgan fingerprint density at radius 2 is 1.95 bits per heavy atom. The topological polar surface area (TPSA) is 34.9 Å². The maximum atomic E-state index is 12.4. The summed E-state index contributed by atoms with van der Waals surface area (Å²) in [6.45, 7) is 1.87. The number of nitrogens with zero attached hydrogens (tertiary/aromatic N) is 2. The number of carbonyl (C=O) groups is 1. The van der Waals surface area contributed by atoms with Gasteiger partial charge >= 0.3 is 0 Å². The molecule has 1 saturated carbocycles. The first-order chi connectivity index (χ1) is 9.15. The Hall–Kier alpha value is -1.90. The lowest BCUT2D eigenvalue weighted by Gasteiger charge is -2.25. The molecule has 0 atom stereocenters. The molecule has 0 saturated heterocycles. The van der Waals surface area contributed by atoms with E-state index < -0.39 is 0 Å². The standard InChI is InChI=1S/C16H18N2O/c1-11-15(10-18(2)17-11)16(19)14-8-6-13(7-9-14)12-4-3-5-12/h6-10,12H,3-5H2,1-2H3. The second kappa shape index (κ2) is 4.65. The number of rotatable bonds is 3. The molecule has 0 unspecified atom stereocenters. The Kier molecular flexibility index (Phi) is 2.97. The maximum Gasteiger partial charge on any atom is 0.196 e. The Balaban J connectivity index is 1.85. The van der Waals surface area contributed by atoms with Crippen LogP contribution in [0.15, 0.2) is 30.5 Å². The van der Waals surface area contributed by atoms with Crippen molar-refractivity contribution in [2.24, 2.45) is 7.05 Å². The minimum Gasteiger partial charge on any atom is -0.288 e. The van der Waals surface area contributed by atoms with E-state index in [9.17, 15) is 4.79 Å². The van der Waals surface area contributed by atoms with Gasteiger partial charge in [0.15, 0.2) is 5.78 Å². The molecule has 1 aliphatic carbocycles. The largest absolute Gasteiger partial charge is 0.288 e. The highest BCUT2D eigenvalue weighted by Gasteiger charge is 2.20. The SMILES string of the molecule is Cc1nn(C)cc1C(=O)c1ccc(C2CCC2)cc1. The first-order valence-electron chi connectivity index (χ1n) is 6.80. The normalized spacial score (nSPS) is 15.3. The molecule has 1 aromatic heterocycles. The Morgan fingerprint density at radius 1 is 1.26 bits per heavy atom. The Bertz CT molecular complexity index is 606. The summed E-state index contributed by atoms with van der Waals surface area (Å²) in [5.41, 5.74) is 3.60. The van der Waals surface area contributed by atoms with E-state index in [2.05, 4.69) is 17.2 Å². The van der Waals surface area contributed by atoms with Crippen LogP contribution in [-0.2, 0) is 7.05 Å². The summed E-state index contributed by atoms with van der Waals surface area (Å²) in [6.07, 6.45) is 5.70. The van der Waals surface area contributed by atoms with E-state index in [1.165, 1.54) is 24.8 Å². The molecule has 0 N–H and O–H groups in total. The third kappa shape index (κ3) is 2.21. The molecule has 3 nitrogen and oxygen atoms in total. The second-order valence-corrected chi connectivity index (χ2v) is 5.38. The molecular formula is C16H18N2O. The van der Waals surface area contributed by atoms with Gasteiger partial charge in [-0.15, -0.1) is 0 Å². The van der Waals surface area contributed by atoms with Gasteiger partial charge in [-0.2, -0.15) is 5.10 Å². The van der Waals surface area contributed by atoms with Crippen LogP contribution < -0.4 is 0 Å². The predicted octanol–water partition coefficient (Wildman–Crippen LogP) is 3.23. The number of hydrogen-bond acceptors (Lipinski definition) is 2. The van der Waals surface area contributed by atoms with Crippen LogP contribution in [0, 0.1) is 6.92 Å². The van der Waals surface area contributed by atoms with E-state index in [-0.39, 0.29) is 5.78 Å². The Labute approximate surface area is 113 Å². The lowest BCUT2D eigenvalue weighted by atomic mass is 9.80. The predicted molar refractivity (Wildman–Crippen MR) is 74.4 cm³/mol. The monoisotopic (exact) mass is 254 g/mol. The molecule has 2 aromatic rings. The van der Waals surface area contributed by atoms with Gasteiger partial charge in [0.2, 0.25) is 0 Å². The average Bonchev–Trinajstić information content (AvgIpc) is 2.66. The van der Waals surface area contributed by atoms with E-state index in [4.69, 9.17) is 0 Å². The van der Waals surface area contributed by atoms with Gasteiger partial charge in [0.1, 0.15) is 0 Å². The molecule has 3 rings (SSSR count). The first kappa shape index (κ1) is 12.2. The number of hydrogen-bond donors (Lipinski definition) is 0. The summed E-state index contributed by atoms with van der Waals surface area (Å²) in [6, 6.07) is 8.09. The minimum absolute atomic E-state index is 0.0609. The van der Waals surface area contributed by atoms with E-state index >= 15 is 0 Å². The van der Waals surface area contributed by atoms with E-state index in [1.807, 2.05) is 26.1 Å². The van der Waals surface area contributed by atoms with Crippen LogP contribution in [0.1, 0.15) is 52.4 Å². The van der Waals surface area contributed by atoms with E-state index in [0.29, 0.717) is 11.5 Å². The molecule has 1 heterocycles. The second-order valence-electron chi connectivity index (χ2n) is 5.38. The number of benzene rings is 1. The molecule has 98 valence electrons. The quantitative estimate of drug-likeness (QED) is 0.788. The van der Waals surface area contributed by atoms with Crippen molar-refractivity contribution in [2.45, 2.75) is 32.1 Å². The fourth-order valence-corrected chi connectivity index (χ4v) is 2.63. The van der Waals surface area contributed by atoms with Crippen molar-refractivity contribution in [3.8, 4) is 0 Å². The third-order valence-electron chi connectivity index (χ3n) is 4.01. The summed E-state index contributed by atoms with van der Waals surface area (Å²) < 4.78 is 1.69. The van der Waals surface area contributed by atoms with Crippen LogP contribution in [0.2, 0.25) is 0 Å². The van der Waals surface area contributed by atoms with Crippen molar-refractivity contribution in [1.29, 1.82) is 0 Å². The third-order valence-corrected chi connectivity index (χ3v) is 4.01. The summed E-state index contributed by atoms with van der Waals surface area (Å²) in [5.74, 6) is 0.773. The molecule has 0 amide bonds. The van der Waals surface area contributed by atoms with Gasteiger partial charge in [0.25, 0.3) is 0 Å². The van der Waals surface area contributed by atoms with Gasteiger partial charge in [-0.3, -0.25) is 9.48 Å². The van der Waals surface area contributed by atoms with Crippen molar-refractivity contribution >= 4 is 5.78 Å². The van der Waals surface area contributed by atoms with Gasteiger partial charge < -0.3 is 0 Å². The molecule has 0 bridgehead atoms. The number of ketones is 1. The summed E-state index contributed by atoms with van der Waals surface area (Å²) in [7, 11) is 1.84. The van der Waals surface area contributed by atoms with Crippen LogP contribution in [0.3, 0.4) is 0 Å². The molecular weight excluding hydrogens is 236 g/mol. The molecule has 0 spiro atoms. The number of aromatic nitrogens is 2. The van der Waals surface area contributed by atoms with E-state index in [1.54, 1.807) is 10.9 Å². The van der Waals surface area contributed by atoms with Crippen LogP contribution >= 0.6 is 0 Å². The lowest BCUT2D eigenvalue weighted by molar-refractivity contribution is 0.103. The molecule has 0 radical (unpaired) electrons. The van der Waals surface area contributed by atoms with Crippen molar-refractivity contribution in [3.05, 3.63) is 52.8 Å². The zero-order valence-corrected chi connectivity index (χ0v) is 11.4. The molecule has 0 aliphatic heterocycles. The highest BCUT2D eigenvalue weighted by Crippen LogP contribution is 2.36. The summed E-state index contributed by atoms with van der Waals surface area (Å²) in [5, 5.41) is 4.22. The molecule has 1 fully saturated rings. The van der Waals surface area contributed by atoms with Crippen molar-refractivity contribution < 1.29 is 4.79 Å². The van der Waals surface area contributed by atoms with Crippen LogP contribution in [0.5, 0.6) is 0 Å². The number of aryl methyl sites for hydroxylation is 2. The van der Waals surface area contributed by atoms with Crippen molar-refractivity contribution in [3.63, 3.8) is 0 Å². The molecule has 3 heteroatoms.